The number of ether oxygens (including phenoxy) is 1. The highest BCUT2D eigenvalue weighted by Crippen LogP contribution is 2.33. The van der Waals surface area contributed by atoms with Crippen LogP contribution in [-0.4, -0.2) is 0 Å². The molecule has 0 radical (unpaired) electrons. The molecule has 2 aromatic carbocycles. The van der Waals surface area contributed by atoms with E-state index in [4.69, 9.17) is 26.0 Å². The summed E-state index contributed by atoms with van der Waals surface area (Å²) in [6, 6.07) is 13.8. The number of nitriles is 1. The third-order valence-electron chi connectivity index (χ3n) is 3.06. The van der Waals surface area contributed by atoms with Gasteiger partial charge in [0.2, 0.25) is 5.76 Å². The van der Waals surface area contributed by atoms with Gasteiger partial charge in [-0.2, -0.15) is 5.26 Å². The van der Waals surface area contributed by atoms with E-state index in [-0.39, 0.29) is 17.4 Å². The van der Waals surface area contributed by atoms with Gasteiger partial charge in [-0.3, -0.25) is 0 Å². The van der Waals surface area contributed by atoms with Gasteiger partial charge >= 0.3 is 0 Å². The van der Waals surface area contributed by atoms with E-state index < -0.39 is 5.82 Å². The summed E-state index contributed by atoms with van der Waals surface area (Å²) < 4.78 is 24.8. The van der Waals surface area contributed by atoms with Crippen molar-refractivity contribution in [2.75, 3.05) is 0 Å². The van der Waals surface area contributed by atoms with Gasteiger partial charge in [0.05, 0.1) is 10.4 Å². The van der Waals surface area contributed by atoms with E-state index in [0.29, 0.717) is 22.3 Å². The molecule has 0 unspecified atom stereocenters. The van der Waals surface area contributed by atoms with Crippen LogP contribution in [0.3, 0.4) is 0 Å². The van der Waals surface area contributed by atoms with Gasteiger partial charge in [0.25, 0.3) is 0 Å². The number of rotatable bonds is 3. The molecule has 3 nitrogen and oxygen atoms in total. The van der Waals surface area contributed by atoms with Crippen molar-refractivity contribution in [3.63, 3.8) is 0 Å². The van der Waals surface area contributed by atoms with E-state index in [0.717, 1.165) is 0 Å². The Morgan fingerprint density at radius 1 is 1.19 bits per heavy atom. The van der Waals surface area contributed by atoms with E-state index in [1.165, 1.54) is 6.07 Å². The molecule has 0 amide bonds. The summed E-state index contributed by atoms with van der Waals surface area (Å²) in [6.07, 6.45) is 0. The Morgan fingerprint density at radius 3 is 2.81 bits per heavy atom. The van der Waals surface area contributed by atoms with Crippen LogP contribution < -0.4 is 4.74 Å². The van der Waals surface area contributed by atoms with Gasteiger partial charge < -0.3 is 9.15 Å². The van der Waals surface area contributed by atoms with Crippen LogP contribution >= 0.6 is 11.6 Å². The van der Waals surface area contributed by atoms with E-state index in [1.54, 1.807) is 30.3 Å². The largest absolute Gasteiger partial charge is 0.483 e. The van der Waals surface area contributed by atoms with Gasteiger partial charge in [-0.25, -0.2) is 4.39 Å². The van der Waals surface area contributed by atoms with Crippen LogP contribution in [0.15, 0.2) is 46.9 Å². The smallest absolute Gasteiger partial charge is 0.246 e. The molecule has 3 aromatic rings. The number of hydrogen-bond acceptors (Lipinski definition) is 3. The lowest BCUT2D eigenvalue weighted by atomic mass is 10.2. The maximum atomic E-state index is 13.8. The summed E-state index contributed by atoms with van der Waals surface area (Å²) in [6.45, 7) is -0.0371. The molecule has 0 atom stereocenters. The molecule has 5 heteroatoms. The van der Waals surface area contributed by atoms with Crippen LogP contribution in [0, 0.1) is 17.1 Å². The van der Waals surface area contributed by atoms with Crippen molar-refractivity contribution in [2.24, 2.45) is 0 Å². The first-order valence-electron chi connectivity index (χ1n) is 6.18. The second-order valence-electron chi connectivity index (χ2n) is 4.37. The van der Waals surface area contributed by atoms with E-state index in [9.17, 15) is 4.39 Å². The second kappa shape index (κ2) is 5.47. The quantitative estimate of drug-likeness (QED) is 0.706. The highest BCUT2D eigenvalue weighted by molar-refractivity contribution is 6.30. The molecule has 0 N–H and O–H groups in total. The average molecular weight is 302 g/mol. The predicted octanol–water partition coefficient (Wildman–Crippen LogP) is 4.68. The second-order valence-corrected chi connectivity index (χ2v) is 4.78. The lowest BCUT2D eigenvalue weighted by Gasteiger charge is -2.06. The minimum absolute atomic E-state index is 0.0358. The molecule has 0 aliphatic carbocycles. The molecule has 1 aromatic heterocycles. The van der Waals surface area contributed by atoms with Crippen LogP contribution in [0.5, 0.6) is 5.75 Å². The molecule has 21 heavy (non-hydrogen) atoms. The Balaban J connectivity index is 1.95. The van der Waals surface area contributed by atoms with E-state index in [1.807, 2.05) is 12.1 Å². The molecule has 0 saturated heterocycles. The van der Waals surface area contributed by atoms with Gasteiger partial charge in [0, 0.05) is 5.56 Å². The van der Waals surface area contributed by atoms with Crippen LogP contribution in [0.2, 0.25) is 5.02 Å². The Morgan fingerprint density at radius 2 is 2.00 bits per heavy atom. The van der Waals surface area contributed by atoms with Crippen LogP contribution in [-0.2, 0) is 6.61 Å². The summed E-state index contributed by atoms with van der Waals surface area (Å²) in [7, 11) is 0. The first-order chi connectivity index (χ1) is 10.2. The molecule has 0 saturated carbocycles. The number of nitrogens with zero attached hydrogens (tertiary/aromatic N) is 1. The first-order valence-corrected chi connectivity index (χ1v) is 6.56. The van der Waals surface area contributed by atoms with Crippen LogP contribution in [0.25, 0.3) is 11.0 Å². The number of halogens is 2. The number of hydrogen-bond donors (Lipinski definition) is 0. The third-order valence-corrected chi connectivity index (χ3v) is 3.35. The van der Waals surface area contributed by atoms with Gasteiger partial charge in [-0.15, -0.1) is 0 Å². The molecule has 0 spiro atoms. The van der Waals surface area contributed by atoms with Crippen molar-refractivity contribution in [1.82, 2.24) is 0 Å². The number of para-hydroxylation sites is 1. The first kappa shape index (κ1) is 13.5. The zero-order valence-corrected chi connectivity index (χ0v) is 11.5. The zero-order chi connectivity index (χ0) is 14.8. The molecule has 0 bridgehead atoms. The van der Waals surface area contributed by atoms with Crippen molar-refractivity contribution in [1.29, 1.82) is 5.26 Å². The molecular formula is C16H9ClFNO2. The standard InChI is InChI=1S/C16H9ClFNO2/c17-12-6-3-4-10(15(12)18)9-20-16-11-5-1-2-7-13(11)21-14(16)8-19/h1-7H,9H2. The summed E-state index contributed by atoms with van der Waals surface area (Å²) in [5, 5.41) is 9.81. The highest BCUT2D eigenvalue weighted by atomic mass is 35.5. The summed E-state index contributed by atoms with van der Waals surface area (Å²) >= 11 is 5.73. The Hall–Kier alpha value is -2.51. The topological polar surface area (TPSA) is 46.2 Å². The molecular weight excluding hydrogens is 293 g/mol. The lowest BCUT2D eigenvalue weighted by Crippen LogP contribution is -1.99. The monoisotopic (exact) mass is 301 g/mol. The fourth-order valence-corrected chi connectivity index (χ4v) is 2.24. The lowest BCUT2D eigenvalue weighted by molar-refractivity contribution is 0.297. The Kier molecular flexibility index (Phi) is 3.51. The average Bonchev–Trinajstić information content (AvgIpc) is 2.86. The van der Waals surface area contributed by atoms with Gasteiger partial charge in [-0.05, 0) is 18.2 Å². The van der Waals surface area contributed by atoms with Crippen molar-refractivity contribution < 1.29 is 13.5 Å². The van der Waals surface area contributed by atoms with E-state index in [2.05, 4.69) is 0 Å². The van der Waals surface area contributed by atoms with Crippen molar-refractivity contribution >= 4 is 22.6 Å². The Bertz CT molecular complexity index is 851. The maximum absolute atomic E-state index is 13.8. The minimum atomic E-state index is -0.523. The summed E-state index contributed by atoms with van der Waals surface area (Å²) in [4.78, 5) is 0. The molecule has 104 valence electrons. The van der Waals surface area contributed by atoms with Crippen molar-refractivity contribution in [3.05, 3.63) is 64.6 Å². The fourth-order valence-electron chi connectivity index (χ4n) is 2.05. The van der Waals surface area contributed by atoms with Crippen molar-refractivity contribution in [2.45, 2.75) is 6.61 Å². The normalized spacial score (nSPS) is 10.5. The van der Waals surface area contributed by atoms with Gasteiger partial charge in [0.15, 0.2) is 5.75 Å². The Labute approximate surface area is 125 Å². The summed E-state index contributed by atoms with van der Waals surface area (Å²) in [5.41, 5.74) is 0.868. The molecule has 0 fully saturated rings. The molecule has 1 heterocycles. The van der Waals surface area contributed by atoms with E-state index >= 15 is 0 Å². The molecule has 0 aliphatic heterocycles. The molecule has 3 rings (SSSR count). The number of benzene rings is 2. The third kappa shape index (κ3) is 2.44. The zero-order valence-electron chi connectivity index (χ0n) is 10.8. The predicted molar refractivity (Wildman–Crippen MR) is 76.7 cm³/mol. The van der Waals surface area contributed by atoms with Crippen molar-refractivity contribution in [3.8, 4) is 11.8 Å². The number of fused-ring (bicyclic) bond motifs is 1. The SMILES string of the molecule is N#Cc1oc2ccccc2c1OCc1cccc(Cl)c1F. The maximum Gasteiger partial charge on any atom is 0.246 e. The van der Waals surface area contributed by atoms with Crippen LogP contribution in [0.1, 0.15) is 11.3 Å². The number of furan rings is 1. The highest BCUT2D eigenvalue weighted by Gasteiger charge is 2.16. The minimum Gasteiger partial charge on any atom is -0.483 e. The van der Waals surface area contributed by atoms with Gasteiger partial charge in [0.1, 0.15) is 24.1 Å². The fraction of sp³-hybridized carbons (Fsp3) is 0.0625. The van der Waals surface area contributed by atoms with Gasteiger partial charge in [-0.1, -0.05) is 35.9 Å². The molecule has 0 aliphatic rings. The summed E-state index contributed by atoms with van der Waals surface area (Å²) in [5.74, 6) is -0.142. The van der Waals surface area contributed by atoms with Crippen LogP contribution in [0.4, 0.5) is 4.39 Å².